The van der Waals surface area contributed by atoms with Crippen LogP contribution in [0.3, 0.4) is 0 Å². The maximum atomic E-state index is 6.53. The van der Waals surface area contributed by atoms with E-state index in [1.807, 2.05) is 48.7 Å². The Labute approximate surface area is 322 Å². The molecule has 1 aliphatic heterocycles. The molecule has 3 aromatic heterocycles. The van der Waals surface area contributed by atoms with Crippen LogP contribution in [0.4, 0.5) is 22.7 Å². The summed E-state index contributed by atoms with van der Waals surface area (Å²) in [6.45, 7) is 8.76. The topological polar surface area (TPSA) is 46.7 Å². The second kappa shape index (κ2) is 12.7. The van der Waals surface area contributed by atoms with E-state index in [9.17, 15) is 0 Å². The summed E-state index contributed by atoms with van der Waals surface area (Å²) in [6.07, 6.45) is 1.89. The number of benzene rings is 6. The molecule has 7 heteroatoms. The van der Waals surface area contributed by atoms with Gasteiger partial charge < -0.3 is 23.5 Å². The SMILES string of the molecule is CC(C)(C)c1ccnc(-n2c3[c-]c(Oc4[c-]c(N5[CH-]N(c6cccc7c6oc6ccccc67)c6ccccc65)ccc4)ccc3c3ccccc32)c1.[Pt]. The van der Waals surface area contributed by atoms with E-state index >= 15 is 0 Å². The average Bonchev–Trinajstić information content (AvgIpc) is 3.84. The quantitative estimate of drug-likeness (QED) is 0.161. The summed E-state index contributed by atoms with van der Waals surface area (Å²) < 4.78 is 15.1. The minimum atomic E-state index is -0.0135. The molecule has 6 nitrogen and oxygen atoms in total. The van der Waals surface area contributed by atoms with Gasteiger partial charge in [0.05, 0.1) is 5.69 Å². The molecule has 0 saturated carbocycles. The summed E-state index contributed by atoms with van der Waals surface area (Å²) >= 11 is 0. The minimum absolute atomic E-state index is 0. The van der Waals surface area contributed by atoms with Crippen LogP contribution in [0, 0.1) is 18.8 Å². The standard InChI is InChI=1S/C46H33N4O2.Pt/c1-46(2,3)30-24-25-47-44(26-30)50-38-17-6-4-14-34(38)35-23-22-33(28-42(35)50)51-32-13-10-12-31(27-32)48-29-49(40-19-8-7-18-39(40)48)41-20-11-16-37-36-15-5-9-21-43(36)52-45(37)41;/h4-26,29H,1-3H3;/q-3;. The third-order valence-corrected chi connectivity index (χ3v) is 9.90. The first-order chi connectivity index (χ1) is 25.4. The molecule has 6 aromatic carbocycles. The van der Waals surface area contributed by atoms with Crippen molar-refractivity contribution in [2.45, 2.75) is 26.2 Å². The van der Waals surface area contributed by atoms with Gasteiger partial charge in [0.15, 0.2) is 5.58 Å². The Morgan fingerprint density at radius 1 is 0.642 bits per heavy atom. The molecule has 53 heavy (non-hydrogen) atoms. The predicted octanol–water partition coefficient (Wildman–Crippen LogP) is 12.2. The van der Waals surface area contributed by atoms with Gasteiger partial charge in [-0.1, -0.05) is 87.0 Å². The van der Waals surface area contributed by atoms with Crippen LogP contribution in [0.5, 0.6) is 11.5 Å². The second-order valence-corrected chi connectivity index (χ2v) is 14.2. The van der Waals surface area contributed by atoms with Crippen molar-refractivity contribution in [3.05, 3.63) is 164 Å². The number of pyridine rings is 1. The monoisotopic (exact) mass is 868 g/mol. The summed E-state index contributed by atoms with van der Waals surface area (Å²) in [5.74, 6) is 2.04. The molecule has 0 amide bonds. The Balaban J connectivity index is 0.00000372. The normalized spacial score (nSPS) is 12.9. The van der Waals surface area contributed by atoms with Gasteiger partial charge in [-0.25, -0.2) is 4.98 Å². The molecule has 0 saturated heterocycles. The molecule has 0 spiro atoms. The van der Waals surface area contributed by atoms with Crippen molar-refractivity contribution in [1.29, 1.82) is 0 Å². The van der Waals surface area contributed by atoms with E-state index in [2.05, 4.69) is 145 Å². The Morgan fingerprint density at radius 2 is 1.34 bits per heavy atom. The minimum Gasteiger partial charge on any atom is -0.509 e. The van der Waals surface area contributed by atoms with E-state index < -0.39 is 0 Å². The van der Waals surface area contributed by atoms with Crippen LogP contribution in [-0.2, 0) is 26.5 Å². The van der Waals surface area contributed by atoms with Gasteiger partial charge in [0, 0.05) is 66.4 Å². The van der Waals surface area contributed by atoms with Crippen molar-refractivity contribution in [2.24, 2.45) is 0 Å². The third-order valence-electron chi connectivity index (χ3n) is 9.90. The molecule has 0 radical (unpaired) electrons. The summed E-state index contributed by atoms with van der Waals surface area (Å²) in [6, 6.07) is 52.7. The van der Waals surface area contributed by atoms with Crippen LogP contribution in [0.1, 0.15) is 26.3 Å². The fourth-order valence-electron chi connectivity index (χ4n) is 7.35. The molecule has 0 fully saturated rings. The van der Waals surface area contributed by atoms with E-state index in [1.165, 1.54) is 5.56 Å². The number of rotatable bonds is 5. The zero-order valence-corrected chi connectivity index (χ0v) is 31.6. The molecule has 9 aromatic rings. The number of aromatic nitrogens is 2. The first-order valence-corrected chi connectivity index (χ1v) is 17.5. The molecule has 0 N–H and O–H groups in total. The molecule has 0 unspecified atom stereocenters. The molecule has 262 valence electrons. The number of furan rings is 1. The van der Waals surface area contributed by atoms with Gasteiger partial charge >= 0.3 is 0 Å². The van der Waals surface area contributed by atoms with Crippen molar-refractivity contribution in [3.63, 3.8) is 0 Å². The predicted molar refractivity (Wildman–Crippen MR) is 210 cm³/mol. The van der Waals surface area contributed by atoms with Crippen LogP contribution in [0.25, 0.3) is 49.6 Å². The number of anilines is 4. The van der Waals surface area contributed by atoms with Gasteiger partial charge in [-0.05, 0) is 58.8 Å². The molecular weight excluding hydrogens is 836 g/mol. The van der Waals surface area contributed by atoms with Crippen LogP contribution in [0.15, 0.2) is 144 Å². The molecule has 10 rings (SSSR count). The van der Waals surface area contributed by atoms with Crippen molar-refractivity contribution >= 4 is 66.5 Å². The number of ether oxygens (including phenoxy) is 1. The molecule has 0 aliphatic carbocycles. The van der Waals surface area contributed by atoms with Gasteiger partial charge in [-0.2, -0.15) is 12.1 Å². The van der Waals surface area contributed by atoms with Crippen LogP contribution in [0.2, 0.25) is 0 Å². The number of hydrogen-bond acceptors (Lipinski definition) is 5. The molecule has 4 heterocycles. The van der Waals surface area contributed by atoms with Gasteiger partial charge in [-0.15, -0.1) is 48.1 Å². The Morgan fingerprint density at radius 3 is 2.19 bits per heavy atom. The molecule has 0 atom stereocenters. The Bertz CT molecular complexity index is 2830. The zero-order valence-electron chi connectivity index (χ0n) is 29.3. The maximum Gasteiger partial charge on any atom is 0.156 e. The van der Waals surface area contributed by atoms with Crippen LogP contribution in [-0.4, -0.2) is 9.55 Å². The first-order valence-electron chi connectivity index (χ1n) is 17.5. The smallest absolute Gasteiger partial charge is 0.156 e. The van der Waals surface area contributed by atoms with Gasteiger partial charge in [0.25, 0.3) is 0 Å². The van der Waals surface area contributed by atoms with E-state index in [0.717, 1.165) is 72.3 Å². The average molecular weight is 869 g/mol. The molecular formula is C46H33N4O2Pt-3. The van der Waals surface area contributed by atoms with E-state index in [1.54, 1.807) is 0 Å². The van der Waals surface area contributed by atoms with E-state index in [0.29, 0.717) is 11.5 Å². The number of para-hydroxylation sites is 5. The van der Waals surface area contributed by atoms with Gasteiger partial charge in [-0.3, -0.25) is 0 Å². The van der Waals surface area contributed by atoms with Crippen LogP contribution < -0.4 is 14.5 Å². The summed E-state index contributed by atoms with van der Waals surface area (Å²) in [7, 11) is 0. The van der Waals surface area contributed by atoms with Crippen molar-refractivity contribution in [1.82, 2.24) is 9.55 Å². The largest absolute Gasteiger partial charge is 0.509 e. The Kier molecular flexibility index (Phi) is 7.90. The number of fused-ring (bicyclic) bond motifs is 7. The Hall–Kier alpha value is -5.84. The zero-order chi connectivity index (χ0) is 35.0. The maximum absolute atomic E-state index is 6.53. The third kappa shape index (κ3) is 5.48. The van der Waals surface area contributed by atoms with Gasteiger partial charge in [0.2, 0.25) is 0 Å². The van der Waals surface area contributed by atoms with Gasteiger partial charge in [0.1, 0.15) is 11.4 Å². The van der Waals surface area contributed by atoms with Crippen molar-refractivity contribution in [3.8, 4) is 17.3 Å². The summed E-state index contributed by atoms with van der Waals surface area (Å²) in [4.78, 5) is 9.14. The number of hydrogen-bond donors (Lipinski definition) is 0. The number of nitrogens with zero attached hydrogens (tertiary/aromatic N) is 4. The fourth-order valence-corrected chi connectivity index (χ4v) is 7.35. The second-order valence-electron chi connectivity index (χ2n) is 14.2. The van der Waals surface area contributed by atoms with Crippen LogP contribution >= 0.6 is 0 Å². The van der Waals surface area contributed by atoms with E-state index in [4.69, 9.17) is 14.1 Å². The molecule has 0 bridgehead atoms. The molecule has 1 aliphatic rings. The van der Waals surface area contributed by atoms with E-state index in [-0.39, 0.29) is 26.5 Å². The summed E-state index contributed by atoms with van der Waals surface area (Å²) in [5, 5.41) is 4.42. The van der Waals surface area contributed by atoms with Crippen molar-refractivity contribution in [2.75, 3.05) is 9.80 Å². The van der Waals surface area contributed by atoms with Crippen molar-refractivity contribution < 1.29 is 30.2 Å². The fraction of sp³-hybridized carbons (Fsp3) is 0.0870. The summed E-state index contributed by atoms with van der Waals surface area (Å²) in [5.41, 5.74) is 8.81. The first kappa shape index (κ1) is 33.0.